The van der Waals surface area contributed by atoms with Crippen LogP contribution in [0.2, 0.25) is 0 Å². The molecule has 1 N–H and O–H groups in total. The zero-order valence-corrected chi connectivity index (χ0v) is 16.4. The van der Waals surface area contributed by atoms with Crippen molar-refractivity contribution in [3.63, 3.8) is 0 Å². The van der Waals surface area contributed by atoms with Gasteiger partial charge in [0.15, 0.2) is 0 Å². The van der Waals surface area contributed by atoms with Crippen molar-refractivity contribution < 1.29 is 5.11 Å². The van der Waals surface area contributed by atoms with Crippen LogP contribution in [0.5, 0.6) is 5.75 Å². The Bertz CT molecular complexity index is 735. The van der Waals surface area contributed by atoms with E-state index in [1.165, 1.54) is 5.56 Å². The van der Waals surface area contributed by atoms with Crippen LogP contribution in [0.1, 0.15) is 25.0 Å². The first kappa shape index (κ1) is 19.2. The van der Waals surface area contributed by atoms with Crippen molar-refractivity contribution in [3.05, 3.63) is 59.7 Å². The molecule has 0 unspecified atom stereocenters. The Balaban J connectivity index is 1.53. The molecule has 0 saturated carbocycles. The van der Waals surface area contributed by atoms with Crippen molar-refractivity contribution in [3.8, 4) is 5.75 Å². The van der Waals surface area contributed by atoms with Gasteiger partial charge in [-0.3, -0.25) is 9.91 Å². The lowest BCUT2D eigenvalue weighted by Gasteiger charge is -2.33. The van der Waals surface area contributed by atoms with Crippen LogP contribution in [0, 0.1) is 0 Å². The predicted molar refractivity (Wildman–Crippen MR) is 113 cm³/mol. The number of hydrazone groups is 1. The largest absolute Gasteiger partial charge is 0.507 e. The van der Waals surface area contributed by atoms with Crippen LogP contribution in [0.4, 0.5) is 5.69 Å². The molecule has 0 atom stereocenters. The maximum atomic E-state index is 10.3. The monoisotopic (exact) mass is 366 g/mol. The predicted octanol–water partition coefficient (Wildman–Crippen LogP) is 3.39. The van der Waals surface area contributed by atoms with Gasteiger partial charge in [0.25, 0.3) is 0 Å². The van der Waals surface area contributed by atoms with Crippen molar-refractivity contribution in [2.75, 3.05) is 44.2 Å². The standard InChI is InChI=1S/C22H30N4O/c1-3-25(4-2)21-11-10-20(22(27)16-21)17-23-26-14-12-24(13-15-26)18-19-8-6-5-7-9-19/h5-11,16-17,27H,3-4,12-15,18H2,1-2H3/b23-17-. The van der Waals surface area contributed by atoms with E-state index in [1.807, 2.05) is 18.2 Å². The highest BCUT2D eigenvalue weighted by molar-refractivity contribution is 5.84. The fourth-order valence-corrected chi connectivity index (χ4v) is 3.42. The summed E-state index contributed by atoms with van der Waals surface area (Å²) in [6, 6.07) is 16.4. The average Bonchev–Trinajstić information content (AvgIpc) is 2.70. The summed E-state index contributed by atoms with van der Waals surface area (Å²) >= 11 is 0. The molecule has 3 rings (SSSR count). The van der Waals surface area contributed by atoms with Gasteiger partial charge in [-0.1, -0.05) is 30.3 Å². The van der Waals surface area contributed by atoms with Crippen LogP contribution >= 0.6 is 0 Å². The summed E-state index contributed by atoms with van der Waals surface area (Å²) in [5.74, 6) is 0.283. The smallest absolute Gasteiger partial charge is 0.126 e. The van der Waals surface area contributed by atoms with E-state index in [9.17, 15) is 5.11 Å². The van der Waals surface area contributed by atoms with Gasteiger partial charge >= 0.3 is 0 Å². The summed E-state index contributed by atoms with van der Waals surface area (Å²) in [6.07, 6.45) is 1.77. The second-order valence-electron chi connectivity index (χ2n) is 6.88. The third kappa shape index (κ3) is 5.23. The molecule has 1 aliphatic rings. The first-order chi connectivity index (χ1) is 13.2. The number of phenolic OH excluding ortho intramolecular Hbond substituents is 1. The Labute approximate surface area is 162 Å². The van der Waals surface area contributed by atoms with E-state index in [1.54, 1.807) is 6.21 Å². The topological polar surface area (TPSA) is 42.3 Å². The molecule has 5 nitrogen and oxygen atoms in total. The maximum Gasteiger partial charge on any atom is 0.126 e. The molecule has 0 aliphatic carbocycles. The SMILES string of the molecule is CCN(CC)c1ccc(/C=N\N2CCN(Cc3ccccc3)CC2)c(O)c1. The number of nitrogens with zero attached hydrogens (tertiary/aromatic N) is 4. The summed E-state index contributed by atoms with van der Waals surface area (Å²) in [5.41, 5.74) is 3.16. The lowest BCUT2D eigenvalue weighted by Crippen LogP contribution is -2.43. The second kappa shape index (κ2) is 9.42. The number of benzene rings is 2. The van der Waals surface area contributed by atoms with Crippen molar-refractivity contribution in [2.45, 2.75) is 20.4 Å². The van der Waals surface area contributed by atoms with E-state index < -0.39 is 0 Å². The van der Waals surface area contributed by atoms with Gasteiger partial charge in [-0.2, -0.15) is 5.10 Å². The van der Waals surface area contributed by atoms with Gasteiger partial charge in [-0.05, 0) is 31.5 Å². The highest BCUT2D eigenvalue weighted by atomic mass is 16.3. The van der Waals surface area contributed by atoms with E-state index in [2.05, 4.69) is 64.1 Å². The molecule has 1 aliphatic heterocycles. The Kier molecular flexibility index (Phi) is 6.71. The van der Waals surface area contributed by atoms with E-state index in [4.69, 9.17) is 0 Å². The molecule has 0 amide bonds. The summed E-state index contributed by atoms with van der Waals surface area (Å²) in [4.78, 5) is 4.67. The Morgan fingerprint density at radius 3 is 2.33 bits per heavy atom. The van der Waals surface area contributed by atoms with Crippen molar-refractivity contribution >= 4 is 11.9 Å². The summed E-state index contributed by atoms with van der Waals surface area (Å²) in [6.45, 7) is 10.9. The summed E-state index contributed by atoms with van der Waals surface area (Å²) < 4.78 is 0. The van der Waals surface area contributed by atoms with E-state index >= 15 is 0 Å². The number of piperazine rings is 1. The minimum atomic E-state index is 0.283. The molecule has 0 aromatic heterocycles. The highest BCUT2D eigenvalue weighted by Crippen LogP contribution is 2.23. The Hall–Kier alpha value is -2.53. The molecule has 1 fully saturated rings. The van der Waals surface area contributed by atoms with E-state index in [-0.39, 0.29) is 5.75 Å². The lowest BCUT2D eigenvalue weighted by molar-refractivity contribution is 0.131. The second-order valence-corrected chi connectivity index (χ2v) is 6.88. The fourth-order valence-electron chi connectivity index (χ4n) is 3.42. The van der Waals surface area contributed by atoms with Crippen molar-refractivity contribution in [1.82, 2.24) is 9.91 Å². The van der Waals surface area contributed by atoms with Crippen LogP contribution in [0.15, 0.2) is 53.6 Å². The first-order valence-electron chi connectivity index (χ1n) is 9.82. The third-order valence-corrected chi connectivity index (χ3v) is 5.10. The summed E-state index contributed by atoms with van der Waals surface area (Å²) in [5, 5.41) is 17.0. The van der Waals surface area contributed by atoms with Crippen LogP contribution in [0.25, 0.3) is 0 Å². The zero-order valence-electron chi connectivity index (χ0n) is 16.4. The molecule has 5 heteroatoms. The number of anilines is 1. The molecular formula is C22H30N4O. The number of hydrogen-bond donors (Lipinski definition) is 1. The molecule has 1 heterocycles. The van der Waals surface area contributed by atoms with Gasteiger partial charge in [0.1, 0.15) is 5.75 Å². The van der Waals surface area contributed by atoms with Gasteiger partial charge in [-0.15, -0.1) is 0 Å². The highest BCUT2D eigenvalue weighted by Gasteiger charge is 2.15. The molecule has 27 heavy (non-hydrogen) atoms. The Morgan fingerprint density at radius 2 is 1.70 bits per heavy atom. The van der Waals surface area contributed by atoms with Crippen LogP contribution in [0.3, 0.4) is 0 Å². The lowest BCUT2D eigenvalue weighted by atomic mass is 10.2. The first-order valence-corrected chi connectivity index (χ1v) is 9.82. The molecular weight excluding hydrogens is 336 g/mol. The van der Waals surface area contributed by atoms with E-state index in [0.29, 0.717) is 0 Å². The number of phenols is 1. The molecule has 144 valence electrons. The number of aromatic hydroxyl groups is 1. The van der Waals surface area contributed by atoms with Gasteiger partial charge in [0, 0.05) is 63.1 Å². The van der Waals surface area contributed by atoms with Crippen LogP contribution in [-0.2, 0) is 6.54 Å². The maximum absolute atomic E-state index is 10.3. The van der Waals surface area contributed by atoms with Gasteiger partial charge < -0.3 is 10.0 Å². The molecule has 2 aromatic carbocycles. The Morgan fingerprint density at radius 1 is 1.00 bits per heavy atom. The van der Waals surface area contributed by atoms with Crippen molar-refractivity contribution in [1.29, 1.82) is 0 Å². The summed E-state index contributed by atoms with van der Waals surface area (Å²) in [7, 11) is 0. The molecule has 0 spiro atoms. The van der Waals surface area contributed by atoms with E-state index in [0.717, 1.165) is 57.1 Å². The van der Waals surface area contributed by atoms with Crippen LogP contribution < -0.4 is 4.90 Å². The third-order valence-electron chi connectivity index (χ3n) is 5.10. The molecule has 0 radical (unpaired) electrons. The van der Waals surface area contributed by atoms with Crippen LogP contribution in [-0.4, -0.2) is 60.5 Å². The number of rotatable bonds is 7. The molecule has 0 bridgehead atoms. The van der Waals surface area contributed by atoms with Gasteiger partial charge in [-0.25, -0.2) is 0 Å². The van der Waals surface area contributed by atoms with Gasteiger partial charge in [0.05, 0.1) is 6.21 Å². The normalized spacial score (nSPS) is 15.4. The number of hydrogen-bond acceptors (Lipinski definition) is 5. The minimum absolute atomic E-state index is 0.283. The van der Waals surface area contributed by atoms with Gasteiger partial charge in [0.2, 0.25) is 0 Å². The average molecular weight is 367 g/mol. The quantitative estimate of drug-likeness (QED) is 0.763. The molecule has 1 saturated heterocycles. The molecule has 2 aromatic rings. The minimum Gasteiger partial charge on any atom is -0.507 e. The van der Waals surface area contributed by atoms with Crippen molar-refractivity contribution in [2.24, 2.45) is 5.10 Å². The fraction of sp³-hybridized carbons (Fsp3) is 0.409. The zero-order chi connectivity index (χ0) is 19.1.